The molecule has 0 fully saturated rings. The van der Waals surface area contributed by atoms with Gasteiger partial charge in [-0.25, -0.2) is 9.48 Å². The summed E-state index contributed by atoms with van der Waals surface area (Å²) in [4.78, 5) is 37.0. The van der Waals surface area contributed by atoms with Crippen LogP contribution in [0, 0.1) is 5.41 Å². The number of carbonyl (C=O) groups is 2. The quantitative estimate of drug-likeness (QED) is 0.164. The van der Waals surface area contributed by atoms with Crippen molar-refractivity contribution < 1.29 is 19.4 Å². The highest BCUT2D eigenvalue weighted by atomic mass is 16.5. The normalized spacial score (nSPS) is 11.5. The van der Waals surface area contributed by atoms with Gasteiger partial charge in [0.15, 0.2) is 5.78 Å². The van der Waals surface area contributed by atoms with Crippen LogP contribution in [0.3, 0.4) is 0 Å². The van der Waals surface area contributed by atoms with Crippen LogP contribution in [0.4, 0.5) is 0 Å². The van der Waals surface area contributed by atoms with Crippen LogP contribution < -0.4 is 10.4 Å². The van der Waals surface area contributed by atoms with Gasteiger partial charge in [-0.1, -0.05) is 82.3 Å². The third kappa shape index (κ3) is 8.56. The first kappa shape index (κ1) is 32.5. The number of aryl methyl sites for hydroxylation is 2. The van der Waals surface area contributed by atoms with E-state index in [-0.39, 0.29) is 23.3 Å². The van der Waals surface area contributed by atoms with Crippen LogP contribution in [0.1, 0.15) is 79.8 Å². The zero-order valence-electron chi connectivity index (χ0n) is 26.4. The second-order valence-electron chi connectivity index (χ2n) is 12.5. The van der Waals surface area contributed by atoms with E-state index in [0.29, 0.717) is 42.8 Å². The molecule has 3 aromatic carbocycles. The molecule has 0 spiro atoms. The number of nitrogens with zero attached hydrogens (tertiary/aromatic N) is 3. The van der Waals surface area contributed by atoms with Gasteiger partial charge in [0, 0.05) is 30.5 Å². The molecule has 0 radical (unpaired) electrons. The number of Topliss-reactive ketones (excluding diaryl/α,β-unsaturated/α-hetero) is 1. The SMILES string of the molecule is CCCn1c(CCCc2ccc(-c3ccc(OC)c(CC(=O)O)c3)cc2)nn(Cc2ccc(C(=O)CC(C)(C)C)cc2)c1=O. The Labute approximate surface area is 259 Å². The zero-order chi connectivity index (χ0) is 31.9. The summed E-state index contributed by atoms with van der Waals surface area (Å²) in [6, 6.07) is 21.4. The predicted octanol–water partition coefficient (Wildman–Crippen LogP) is 6.60. The topological polar surface area (TPSA) is 103 Å². The molecule has 0 aliphatic carbocycles. The molecule has 0 unspecified atom stereocenters. The van der Waals surface area contributed by atoms with Gasteiger partial charge < -0.3 is 9.84 Å². The highest BCUT2D eigenvalue weighted by molar-refractivity contribution is 5.96. The van der Waals surface area contributed by atoms with E-state index in [2.05, 4.69) is 39.8 Å². The molecule has 4 aromatic rings. The average Bonchev–Trinajstić information content (AvgIpc) is 3.26. The van der Waals surface area contributed by atoms with E-state index in [1.807, 2.05) is 48.5 Å². The van der Waals surface area contributed by atoms with E-state index in [9.17, 15) is 19.5 Å². The summed E-state index contributed by atoms with van der Waals surface area (Å²) in [6.45, 7) is 9.19. The van der Waals surface area contributed by atoms with Gasteiger partial charge in [-0.15, -0.1) is 0 Å². The second-order valence-corrected chi connectivity index (χ2v) is 12.5. The summed E-state index contributed by atoms with van der Waals surface area (Å²) in [7, 11) is 1.54. The molecule has 1 N–H and O–H groups in total. The van der Waals surface area contributed by atoms with Gasteiger partial charge >= 0.3 is 11.7 Å². The number of carbonyl (C=O) groups excluding carboxylic acids is 1. The van der Waals surface area contributed by atoms with Crippen molar-refractivity contribution in [1.29, 1.82) is 0 Å². The van der Waals surface area contributed by atoms with E-state index < -0.39 is 5.97 Å². The zero-order valence-corrected chi connectivity index (χ0v) is 26.4. The number of rotatable bonds is 14. The Morgan fingerprint density at radius 1 is 0.909 bits per heavy atom. The molecular weight excluding hydrogens is 554 g/mol. The lowest BCUT2D eigenvalue weighted by Crippen LogP contribution is -2.26. The Morgan fingerprint density at radius 3 is 2.18 bits per heavy atom. The van der Waals surface area contributed by atoms with Crippen molar-refractivity contribution in [3.8, 4) is 16.9 Å². The summed E-state index contributed by atoms with van der Waals surface area (Å²) in [5, 5.41) is 13.9. The molecule has 0 atom stereocenters. The fourth-order valence-corrected chi connectivity index (χ4v) is 5.35. The molecule has 0 amide bonds. The molecule has 8 heteroatoms. The first-order valence-electron chi connectivity index (χ1n) is 15.2. The number of ether oxygens (including phenoxy) is 1. The number of ketones is 1. The van der Waals surface area contributed by atoms with Crippen molar-refractivity contribution in [3.63, 3.8) is 0 Å². The Balaban J connectivity index is 1.40. The monoisotopic (exact) mass is 597 g/mol. The molecule has 0 bridgehead atoms. The smallest absolute Gasteiger partial charge is 0.346 e. The Morgan fingerprint density at radius 2 is 1.57 bits per heavy atom. The predicted molar refractivity (Wildman–Crippen MR) is 173 cm³/mol. The maximum atomic E-state index is 13.2. The number of benzene rings is 3. The number of hydrogen-bond donors (Lipinski definition) is 1. The third-order valence-electron chi connectivity index (χ3n) is 7.52. The summed E-state index contributed by atoms with van der Waals surface area (Å²) in [5.74, 6) is 0.576. The number of carboxylic acids is 1. The van der Waals surface area contributed by atoms with Gasteiger partial charge in [0.05, 0.1) is 20.1 Å². The van der Waals surface area contributed by atoms with Crippen LogP contribution >= 0.6 is 0 Å². The van der Waals surface area contributed by atoms with E-state index in [0.717, 1.165) is 41.8 Å². The fourth-order valence-electron chi connectivity index (χ4n) is 5.35. The van der Waals surface area contributed by atoms with Crippen LogP contribution in [0.5, 0.6) is 5.75 Å². The third-order valence-corrected chi connectivity index (χ3v) is 7.52. The van der Waals surface area contributed by atoms with E-state index in [4.69, 9.17) is 9.84 Å². The van der Waals surface area contributed by atoms with Gasteiger partial charge in [-0.3, -0.25) is 14.2 Å². The van der Waals surface area contributed by atoms with Crippen molar-refractivity contribution in [2.45, 2.75) is 79.3 Å². The Hall–Kier alpha value is -4.46. The lowest BCUT2D eigenvalue weighted by atomic mass is 9.88. The van der Waals surface area contributed by atoms with E-state index in [1.54, 1.807) is 17.7 Å². The Kier molecular flexibility index (Phi) is 10.6. The number of carboxylic acid groups (broad SMARTS) is 1. The molecular formula is C36H43N3O5. The molecule has 8 nitrogen and oxygen atoms in total. The van der Waals surface area contributed by atoms with Crippen LogP contribution in [0.25, 0.3) is 11.1 Å². The van der Waals surface area contributed by atoms with Crippen molar-refractivity contribution >= 4 is 11.8 Å². The number of methoxy groups -OCH3 is 1. The summed E-state index contributed by atoms with van der Waals surface area (Å²) in [5.41, 5.74) is 5.20. The lowest BCUT2D eigenvalue weighted by Gasteiger charge is -2.16. The summed E-state index contributed by atoms with van der Waals surface area (Å²) in [6.07, 6.45) is 3.59. The maximum Gasteiger partial charge on any atom is 0.346 e. The molecule has 0 saturated carbocycles. The highest BCUT2D eigenvalue weighted by Crippen LogP contribution is 2.28. The molecule has 232 valence electrons. The van der Waals surface area contributed by atoms with Gasteiger partial charge in [-0.2, -0.15) is 5.10 Å². The van der Waals surface area contributed by atoms with Crippen LogP contribution in [0.2, 0.25) is 0 Å². The van der Waals surface area contributed by atoms with Gasteiger partial charge in [-0.05, 0) is 59.1 Å². The van der Waals surface area contributed by atoms with Gasteiger partial charge in [0.2, 0.25) is 0 Å². The average molecular weight is 598 g/mol. The Bertz CT molecular complexity index is 1640. The van der Waals surface area contributed by atoms with E-state index >= 15 is 0 Å². The van der Waals surface area contributed by atoms with Crippen molar-refractivity contribution in [2.24, 2.45) is 5.41 Å². The van der Waals surface area contributed by atoms with E-state index in [1.165, 1.54) is 10.2 Å². The van der Waals surface area contributed by atoms with Crippen molar-refractivity contribution in [2.75, 3.05) is 7.11 Å². The number of aliphatic carboxylic acids is 1. The number of aromatic nitrogens is 3. The maximum absolute atomic E-state index is 13.2. The fraction of sp³-hybridized carbons (Fsp3) is 0.389. The largest absolute Gasteiger partial charge is 0.496 e. The van der Waals surface area contributed by atoms with Gasteiger partial charge in [0.25, 0.3) is 0 Å². The minimum absolute atomic E-state index is 0.0681. The van der Waals surface area contributed by atoms with Crippen LogP contribution in [0.15, 0.2) is 71.5 Å². The van der Waals surface area contributed by atoms with Gasteiger partial charge in [0.1, 0.15) is 11.6 Å². The minimum Gasteiger partial charge on any atom is -0.496 e. The summed E-state index contributed by atoms with van der Waals surface area (Å²) >= 11 is 0. The molecule has 44 heavy (non-hydrogen) atoms. The molecule has 0 aliphatic heterocycles. The van der Waals surface area contributed by atoms with Crippen LogP contribution in [-0.4, -0.2) is 38.3 Å². The van der Waals surface area contributed by atoms with Crippen LogP contribution in [-0.2, 0) is 37.1 Å². The van der Waals surface area contributed by atoms with Crippen molar-refractivity contribution in [3.05, 3.63) is 105 Å². The summed E-state index contributed by atoms with van der Waals surface area (Å²) < 4.78 is 8.63. The number of hydrogen-bond acceptors (Lipinski definition) is 5. The molecule has 0 saturated heterocycles. The molecule has 4 rings (SSSR count). The first-order chi connectivity index (χ1) is 21.0. The first-order valence-corrected chi connectivity index (χ1v) is 15.2. The molecule has 1 aromatic heterocycles. The standard InChI is InChI=1S/C36H43N3O5/c1-6-20-38-33(37-39(35(38)43)24-26-12-16-28(17-13-26)31(40)23-36(2,3)4)9-7-8-25-10-14-27(15-11-25)29-18-19-32(44-5)30(21-29)22-34(41)42/h10-19,21H,6-9,20,22-24H2,1-5H3,(H,41,42). The lowest BCUT2D eigenvalue weighted by molar-refractivity contribution is -0.136. The highest BCUT2D eigenvalue weighted by Gasteiger charge is 2.18. The molecule has 1 heterocycles. The molecule has 0 aliphatic rings. The minimum atomic E-state index is -0.900. The van der Waals surface area contributed by atoms with Crippen molar-refractivity contribution in [1.82, 2.24) is 14.3 Å². The second kappa shape index (κ2) is 14.3.